The molecule has 6 nitrogen and oxygen atoms in total. The SMILES string of the molecule is CCCCCOc1ccc(S(=O)(=O)N2CCN(C(C)=O)CC2)c2ccccc12. The van der Waals surface area contributed by atoms with E-state index in [1.54, 1.807) is 17.0 Å². The molecule has 1 heterocycles. The summed E-state index contributed by atoms with van der Waals surface area (Å²) in [5, 5.41) is 1.48. The van der Waals surface area contributed by atoms with Crippen LogP contribution in [0.3, 0.4) is 0 Å². The monoisotopic (exact) mass is 404 g/mol. The maximum absolute atomic E-state index is 13.3. The van der Waals surface area contributed by atoms with Crippen molar-refractivity contribution in [2.75, 3.05) is 32.8 Å². The van der Waals surface area contributed by atoms with E-state index in [4.69, 9.17) is 4.74 Å². The van der Waals surface area contributed by atoms with Gasteiger partial charge in [-0.1, -0.05) is 44.0 Å². The fourth-order valence-corrected chi connectivity index (χ4v) is 5.13. The molecule has 2 aromatic rings. The van der Waals surface area contributed by atoms with Gasteiger partial charge < -0.3 is 9.64 Å². The first-order chi connectivity index (χ1) is 13.4. The molecule has 0 saturated carbocycles. The average Bonchev–Trinajstić information content (AvgIpc) is 2.71. The van der Waals surface area contributed by atoms with Gasteiger partial charge >= 0.3 is 0 Å². The Labute approximate surface area is 167 Å². The van der Waals surface area contributed by atoms with Gasteiger partial charge in [-0.15, -0.1) is 0 Å². The maximum Gasteiger partial charge on any atom is 0.243 e. The molecular weight excluding hydrogens is 376 g/mol. The van der Waals surface area contributed by atoms with E-state index >= 15 is 0 Å². The minimum atomic E-state index is -3.64. The van der Waals surface area contributed by atoms with E-state index in [1.807, 2.05) is 24.3 Å². The Balaban J connectivity index is 1.88. The van der Waals surface area contributed by atoms with Crippen LogP contribution in [0.5, 0.6) is 5.75 Å². The number of amides is 1. The lowest BCUT2D eigenvalue weighted by molar-refractivity contribution is -0.129. The van der Waals surface area contributed by atoms with Gasteiger partial charge in [0.25, 0.3) is 0 Å². The first-order valence-electron chi connectivity index (χ1n) is 9.85. The molecule has 0 spiro atoms. The second-order valence-corrected chi connectivity index (χ2v) is 8.98. The number of rotatable bonds is 7. The van der Waals surface area contributed by atoms with Crippen molar-refractivity contribution in [1.82, 2.24) is 9.21 Å². The molecule has 0 bridgehead atoms. The van der Waals surface area contributed by atoms with Gasteiger partial charge in [0, 0.05) is 43.9 Å². The van der Waals surface area contributed by atoms with Crippen LogP contribution in [0.15, 0.2) is 41.3 Å². The Morgan fingerprint density at radius 2 is 1.68 bits per heavy atom. The quantitative estimate of drug-likeness (QED) is 0.665. The zero-order valence-corrected chi connectivity index (χ0v) is 17.4. The molecule has 7 heteroatoms. The number of benzene rings is 2. The highest BCUT2D eigenvalue weighted by molar-refractivity contribution is 7.89. The third kappa shape index (κ3) is 4.31. The van der Waals surface area contributed by atoms with E-state index in [9.17, 15) is 13.2 Å². The number of fused-ring (bicyclic) bond motifs is 1. The predicted octanol–water partition coefficient (Wildman–Crippen LogP) is 3.26. The maximum atomic E-state index is 13.3. The van der Waals surface area contributed by atoms with Gasteiger partial charge in [0.05, 0.1) is 11.5 Å². The minimum absolute atomic E-state index is 0.0212. The molecular formula is C21H28N2O4S. The fourth-order valence-electron chi connectivity index (χ4n) is 3.51. The molecule has 0 unspecified atom stereocenters. The van der Waals surface area contributed by atoms with Crippen molar-refractivity contribution in [2.45, 2.75) is 38.0 Å². The van der Waals surface area contributed by atoms with Crippen molar-refractivity contribution < 1.29 is 17.9 Å². The second kappa shape index (κ2) is 8.92. The van der Waals surface area contributed by atoms with E-state index in [0.29, 0.717) is 48.8 Å². The summed E-state index contributed by atoms with van der Waals surface area (Å²) in [6, 6.07) is 10.9. The average molecular weight is 405 g/mol. The molecule has 28 heavy (non-hydrogen) atoms. The van der Waals surface area contributed by atoms with Crippen molar-refractivity contribution in [2.24, 2.45) is 0 Å². The van der Waals surface area contributed by atoms with E-state index in [-0.39, 0.29) is 5.91 Å². The van der Waals surface area contributed by atoms with Crippen LogP contribution in [-0.4, -0.2) is 56.3 Å². The Bertz CT molecular complexity index is 935. The largest absolute Gasteiger partial charge is 0.493 e. The van der Waals surface area contributed by atoms with E-state index in [1.165, 1.54) is 11.2 Å². The molecule has 152 valence electrons. The molecule has 0 N–H and O–H groups in total. The van der Waals surface area contributed by atoms with Gasteiger partial charge in [0.15, 0.2) is 0 Å². The third-order valence-corrected chi connectivity index (χ3v) is 7.11. The zero-order chi connectivity index (χ0) is 20.1. The van der Waals surface area contributed by atoms with Crippen molar-refractivity contribution in [3.63, 3.8) is 0 Å². The molecule has 0 atom stereocenters. The molecule has 1 aliphatic heterocycles. The summed E-state index contributed by atoms with van der Waals surface area (Å²) in [5.74, 6) is 0.694. The van der Waals surface area contributed by atoms with Crippen LogP contribution in [0, 0.1) is 0 Å². The summed E-state index contributed by atoms with van der Waals surface area (Å²) in [6.07, 6.45) is 3.21. The summed E-state index contributed by atoms with van der Waals surface area (Å²) in [4.78, 5) is 13.5. The number of carbonyl (C=O) groups is 1. The minimum Gasteiger partial charge on any atom is -0.493 e. The topological polar surface area (TPSA) is 66.9 Å². The summed E-state index contributed by atoms with van der Waals surface area (Å²) in [5.41, 5.74) is 0. The molecule has 1 saturated heterocycles. The predicted molar refractivity (Wildman–Crippen MR) is 110 cm³/mol. The Kier molecular flexibility index (Phi) is 6.57. The van der Waals surface area contributed by atoms with Gasteiger partial charge in [-0.2, -0.15) is 4.31 Å². The standard InChI is InChI=1S/C21H28N2O4S/c1-3-4-7-16-27-20-10-11-21(19-9-6-5-8-18(19)20)28(25,26)23-14-12-22(13-15-23)17(2)24/h5-6,8-11H,3-4,7,12-16H2,1-2H3. The number of piperazine rings is 1. The normalized spacial score (nSPS) is 15.7. The first kappa shape index (κ1) is 20.6. The van der Waals surface area contributed by atoms with Crippen LogP contribution in [0.25, 0.3) is 10.8 Å². The number of ether oxygens (including phenoxy) is 1. The highest BCUT2D eigenvalue weighted by Gasteiger charge is 2.30. The zero-order valence-electron chi connectivity index (χ0n) is 16.6. The molecule has 1 amide bonds. The van der Waals surface area contributed by atoms with Crippen molar-refractivity contribution in [1.29, 1.82) is 0 Å². The molecule has 1 aliphatic rings. The van der Waals surface area contributed by atoms with Crippen LogP contribution >= 0.6 is 0 Å². The molecule has 2 aromatic carbocycles. The van der Waals surface area contributed by atoms with Crippen LogP contribution in [-0.2, 0) is 14.8 Å². The lowest BCUT2D eigenvalue weighted by Crippen LogP contribution is -2.49. The van der Waals surface area contributed by atoms with Crippen molar-refractivity contribution in [3.8, 4) is 5.75 Å². The number of unbranched alkanes of at least 4 members (excludes halogenated alkanes) is 2. The van der Waals surface area contributed by atoms with Crippen LogP contribution in [0.2, 0.25) is 0 Å². The van der Waals surface area contributed by atoms with E-state index < -0.39 is 10.0 Å². The highest BCUT2D eigenvalue weighted by Crippen LogP contribution is 2.33. The number of hydrogen-bond acceptors (Lipinski definition) is 4. The lowest BCUT2D eigenvalue weighted by atomic mass is 10.1. The number of sulfonamides is 1. The van der Waals surface area contributed by atoms with Crippen molar-refractivity contribution in [3.05, 3.63) is 36.4 Å². The Hall–Kier alpha value is -2.12. The van der Waals surface area contributed by atoms with Gasteiger partial charge in [-0.25, -0.2) is 8.42 Å². The van der Waals surface area contributed by atoms with E-state index in [0.717, 1.165) is 24.6 Å². The molecule has 0 aromatic heterocycles. The molecule has 3 rings (SSSR count). The molecule has 0 aliphatic carbocycles. The molecule has 1 fully saturated rings. The molecule has 0 radical (unpaired) electrons. The Morgan fingerprint density at radius 1 is 1.00 bits per heavy atom. The third-order valence-electron chi connectivity index (χ3n) is 5.15. The fraction of sp³-hybridized carbons (Fsp3) is 0.476. The summed E-state index contributed by atoms with van der Waals surface area (Å²) >= 11 is 0. The van der Waals surface area contributed by atoms with Crippen LogP contribution in [0.1, 0.15) is 33.1 Å². The smallest absolute Gasteiger partial charge is 0.243 e. The first-order valence-corrected chi connectivity index (χ1v) is 11.3. The summed E-state index contributed by atoms with van der Waals surface area (Å²) in [6.45, 7) is 5.74. The summed E-state index contributed by atoms with van der Waals surface area (Å²) in [7, 11) is -3.64. The van der Waals surface area contributed by atoms with Crippen molar-refractivity contribution >= 4 is 26.7 Å². The van der Waals surface area contributed by atoms with Gasteiger partial charge in [0.1, 0.15) is 5.75 Å². The lowest BCUT2D eigenvalue weighted by Gasteiger charge is -2.33. The van der Waals surface area contributed by atoms with Gasteiger partial charge in [-0.3, -0.25) is 4.79 Å². The number of nitrogens with zero attached hydrogens (tertiary/aromatic N) is 2. The highest BCUT2D eigenvalue weighted by atomic mass is 32.2. The number of carbonyl (C=O) groups excluding carboxylic acids is 1. The summed E-state index contributed by atoms with van der Waals surface area (Å²) < 4.78 is 33.9. The van der Waals surface area contributed by atoms with Crippen LogP contribution < -0.4 is 4.74 Å². The van der Waals surface area contributed by atoms with Crippen LogP contribution in [0.4, 0.5) is 0 Å². The van der Waals surface area contributed by atoms with Gasteiger partial charge in [0.2, 0.25) is 15.9 Å². The Morgan fingerprint density at radius 3 is 2.32 bits per heavy atom. The number of hydrogen-bond donors (Lipinski definition) is 0. The van der Waals surface area contributed by atoms with Gasteiger partial charge in [-0.05, 0) is 18.6 Å². The van der Waals surface area contributed by atoms with E-state index in [2.05, 4.69) is 6.92 Å². The second-order valence-electron chi connectivity index (χ2n) is 7.07.